The molecule has 0 aliphatic carbocycles. The van der Waals surface area contributed by atoms with Crippen LogP contribution in [0.2, 0.25) is 5.02 Å². The standard InChI is InChI=1S/C20H14ClF3N4O2/c1-12-9-16(26-28(12)11-13-5-3-2-4-6-13)19-25-18(27-30-19)14-7-8-17(15(21)10-14)29-20(22,23)24/h2-10H,11H2,1H3. The summed E-state index contributed by atoms with van der Waals surface area (Å²) in [5, 5.41) is 8.15. The first-order valence-electron chi connectivity index (χ1n) is 8.76. The summed E-state index contributed by atoms with van der Waals surface area (Å²) in [6.45, 7) is 2.50. The van der Waals surface area contributed by atoms with Crippen molar-refractivity contribution in [3.05, 3.63) is 70.9 Å². The van der Waals surface area contributed by atoms with E-state index in [9.17, 15) is 13.2 Å². The molecule has 0 spiro atoms. The second-order valence-corrected chi connectivity index (χ2v) is 6.84. The van der Waals surface area contributed by atoms with Crippen molar-refractivity contribution in [3.8, 4) is 28.7 Å². The van der Waals surface area contributed by atoms with E-state index in [4.69, 9.17) is 16.1 Å². The molecule has 10 heteroatoms. The first-order valence-corrected chi connectivity index (χ1v) is 9.14. The molecule has 0 saturated heterocycles. The van der Waals surface area contributed by atoms with Crippen LogP contribution < -0.4 is 4.74 Å². The third-order valence-corrected chi connectivity index (χ3v) is 4.51. The molecule has 0 bridgehead atoms. The number of benzene rings is 2. The quantitative estimate of drug-likeness (QED) is 0.414. The molecule has 0 unspecified atom stereocenters. The molecule has 154 valence electrons. The van der Waals surface area contributed by atoms with Gasteiger partial charge in [-0.05, 0) is 36.8 Å². The van der Waals surface area contributed by atoms with Gasteiger partial charge in [0.2, 0.25) is 5.82 Å². The maximum atomic E-state index is 12.4. The topological polar surface area (TPSA) is 66.0 Å². The molecular formula is C20H14ClF3N4O2. The van der Waals surface area contributed by atoms with Gasteiger partial charge in [0.25, 0.3) is 5.89 Å². The van der Waals surface area contributed by atoms with Gasteiger partial charge in [-0.25, -0.2) is 0 Å². The Bertz CT molecular complexity index is 1170. The summed E-state index contributed by atoms with van der Waals surface area (Å²) in [5.41, 5.74) is 2.87. The molecule has 0 radical (unpaired) electrons. The van der Waals surface area contributed by atoms with Gasteiger partial charge in [-0.2, -0.15) is 10.1 Å². The SMILES string of the molecule is Cc1cc(-c2nc(-c3ccc(OC(F)(F)F)c(Cl)c3)no2)nn1Cc1ccccc1. The third kappa shape index (κ3) is 4.46. The van der Waals surface area contributed by atoms with Crippen LogP contribution in [-0.2, 0) is 6.54 Å². The molecule has 4 rings (SSSR count). The van der Waals surface area contributed by atoms with Gasteiger partial charge in [-0.3, -0.25) is 4.68 Å². The van der Waals surface area contributed by atoms with E-state index in [1.165, 1.54) is 12.1 Å². The van der Waals surface area contributed by atoms with E-state index in [0.29, 0.717) is 17.8 Å². The zero-order valence-corrected chi connectivity index (χ0v) is 16.3. The molecule has 30 heavy (non-hydrogen) atoms. The van der Waals surface area contributed by atoms with Crippen LogP contribution >= 0.6 is 11.6 Å². The Balaban J connectivity index is 1.56. The summed E-state index contributed by atoms with van der Waals surface area (Å²) in [7, 11) is 0. The molecule has 0 aliphatic heterocycles. The van der Waals surface area contributed by atoms with Gasteiger partial charge in [-0.1, -0.05) is 47.1 Å². The molecule has 4 aromatic rings. The van der Waals surface area contributed by atoms with Gasteiger partial charge in [-0.15, -0.1) is 13.2 Å². The predicted molar refractivity (Wildman–Crippen MR) is 103 cm³/mol. The zero-order valence-electron chi connectivity index (χ0n) is 15.5. The number of nitrogens with zero attached hydrogens (tertiary/aromatic N) is 4. The lowest BCUT2D eigenvalue weighted by Gasteiger charge is -2.10. The number of hydrogen-bond donors (Lipinski definition) is 0. The molecule has 2 aromatic carbocycles. The van der Waals surface area contributed by atoms with Crippen molar-refractivity contribution in [2.24, 2.45) is 0 Å². The van der Waals surface area contributed by atoms with E-state index < -0.39 is 12.1 Å². The van der Waals surface area contributed by atoms with Crippen molar-refractivity contribution in [1.82, 2.24) is 19.9 Å². The Morgan fingerprint density at radius 2 is 1.87 bits per heavy atom. The Morgan fingerprint density at radius 1 is 1.10 bits per heavy atom. The smallest absolute Gasteiger partial charge is 0.404 e. The van der Waals surface area contributed by atoms with E-state index >= 15 is 0 Å². The number of ether oxygens (including phenoxy) is 1. The molecule has 0 amide bonds. The fraction of sp³-hybridized carbons (Fsp3) is 0.150. The molecule has 6 nitrogen and oxygen atoms in total. The number of aryl methyl sites for hydroxylation is 1. The number of hydrogen-bond acceptors (Lipinski definition) is 5. The van der Waals surface area contributed by atoms with Crippen LogP contribution in [0, 0.1) is 6.92 Å². The average Bonchev–Trinajstić information content (AvgIpc) is 3.31. The van der Waals surface area contributed by atoms with E-state index in [1.807, 2.05) is 48.0 Å². The molecule has 0 aliphatic rings. The fourth-order valence-electron chi connectivity index (χ4n) is 2.82. The Labute approximate surface area is 173 Å². The van der Waals surface area contributed by atoms with Crippen LogP contribution in [-0.4, -0.2) is 26.3 Å². The van der Waals surface area contributed by atoms with Gasteiger partial charge in [0.05, 0.1) is 11.6 Å². The second kappa shape index (κ2) is 7.83. The van der Waals surface area contributed by atoms with Crippen LogP contribution in [0.4, 0.5) is 13.2 Å². The normalized spacial score (nSPS) is 11.6. The number of aromatic nitrogens is 4. The highest BCUT2D eigenvalue weighted by atomic mass is 35.5. The van der Waals surface area contributed by atoms with E-state index in [1.54, 1.807) is 0 Å². The van der Waals surface area contributed by atoms with Crippen molar-refractivity contribution >= 4 is 11.6 Å². The maximum absolute atomic E-state index is 12.4. The van der Waals surface area contributed by atoms with Crippen molar-refractivity contribution < 1.29 is 22.4 Å². The largest absolute Gasteiger partial charge is 0.573 e. The highest BCUT2D eigenvalue weighted by Crippen LogP contribution is 2.33. The zero-order chi connectivity index (χ0) is 21.3. The third-order valence-electron chi connectivity index (χ3n) is 4.22. The first-order chi connectivity index (χ1) is 14.3. The van der Waals surface area contributed by atoms with Gasteiger partial charge >= 0.3 is 6.36 Å². The van der Waals surface area contributed by atoms with Crippen LogP contribution in [0.1, 0.15) is 11.3 Å². The number of halogens is 4. The Hall–Kier alpha value is -3.33. The minimum absolute atomic E-state index is 0.167. The van der Waals surface area contributed by atoms with Crippen molar-refractivity contribution in [2.45, 2.75) is 19.8 Å². The molecule has 2 heterocycles. The van der Waals surface area contributed by atoms with Crippen LogP contribution in [0.15, 0.2) is 59.1 Å². The van der Waals surface area contributed by atoms with Crippen LogP contribution in [0.5, 0.6) is 5.75 Å². The molecule has 0 atom stereocenters. The van der Waals surface area contributed by atoms with Gasteiger partial charge < -0.3 is 9.26 Å². The predicted octanol–water partition coefficient (Wildman–Crippen LogP) is 5.51. The van der Waals surface area contributed by atoms with Crippen molar-refractivity contribution in [2.75, 3.05) is 0 Å². The fourth-order valence-corrected chi connectivity index (χ4v) is 3.04. The van der Waals surface area contributed by atoms with Crippen LogP contribution in [0.3, 0.4) is 0 Å². The summed E-state index contributed by atoms with van der Waals surface area (Å²) in [5.74, 6) is -0.153. The van der Waals surface area contributed by atoms with E-state index in [0.717, 1.165) is 17.3 Å². The van der Waals surface area contributed by atoms with Crippen molar-refractivity contribution in [3.63, 3.8) is 0 Å². The second-order valence-electron chi connectivity index (χ2n) is 6.43. The molecule has 0 saturated carbocycles. The Kier molecular flexibility index (Phi) is 5.21. The maximum Gasteiger partial charge on any atom is 0.573 e. The summed E-state index contributed by atoms with van der Waals surface area (Å²) >= 11 is 5.88. The molecular weight excluding hydrogens is 421 g/mol. The molecule has 0 N–H and O–H groups in total. The summed E-state index contributed by atoms with van der Waals surface area (Å²) in [4.78, 5) is 4.28. The lowest BCUT2D eigenvalue weighted by Crippen LogP contribution is -2.17. The average molecular weight is 435 g/mol. The minimum Gasteiger partial charge on any atom is -0.404 e. The minimum atomic E-state index is -4.83. The summed E-state index contributed by atoms with van der Waals surface area (Å²) in [6, 6.07) is 15.4. The van der Waals surface area contributed by atoms with Gasteiger partial charge in [0.15, 0.2) is 5.69 Å². The number of alkyl halides is 3. The van der Waals surface area contributed by atoms with E-state index in [2.05, 4.69) is 20.0 Å². The highest BCUT2D eigenvalue weighted by Gasteiger charge is 2.32. The number of rotatable bonds is 5. The summed E-state index contributed by atoms with van der Waals surface area (Å²) < 4.78 is 48.1. The van der Waals surface area contributed by atoms with Gasteiger partial charge in [0, 0.05) is 11.3 Å². The molecule has 2 aromatic heterocycles. The van der Waals surface area contributed by atoms with Gasteiger partial charge in [0.1, 0.15) is 5.75 Å². The monoisotopic (exact) mass is 434 g/mol. The highest BCUT2D eigenvalue weighted by molar-refractivity contribution is 6.32. The first kappa shape index (κ1) is 20.0. The lowest BCUT2D eigenvalue weighted by molar-refractivity contribution is -0.274. The molecule has 0 fully saturated rings. The lowest BCUT2D eigenvalue weighted by atomic mass is 10.2. The summed E-state index contributed by atoms with van der Waals surface area (Å²) in [6.07, 6.45) is -4.83. The van der Waals surface area contributed by atoms with E-state index in [-0.39, 0.29) is 16.7 Å². The van der Waals surface area contributed by atoms with Crippen molar-refractivity contribution in [1.29, 1.82) is 0 Å². The van der Waals surface area contributed by atoms with Crippen LogP contribution in [0.25, 0.3) is 23.0 Å². The Morgan fingerprint density at radius 3 is 2.57 bits per heavy atom.